The van der Waals surface area contributed by atoms with Gasteiger partial charge in [-0.25, -0.2) is 37.5 Å². The predicted octanol–water partition coefficient (Wildman–Crippen LogP) is 10.8. The monoisotopic (exact) mass is 1210 g/mol. The summed E-state index contributed by atoms with van der Waals surface area (Å²) in [6.07, 6.45) is 5.91. The number of nitrogens with zero attached hydrogens (tertiary/aromatic N) is 13. The van der Waals surface area contributed by atoms with E-state index in [9.17, 15) is 28.7 Å². The third kappa shape index (κ3) is 12.8. The van der Waals surface area contributed by atoms with Gasteiger partial charge in [-0.2, -0.15) is 9.97 Å². The second kappa shape index (κ2) is 27.4. The Bertz CT molecular complexity index is 4010. The van der Waals surface area contributed by atoms with Crippen molar-refractivity contribution in [1.29, 1.82) is 0 Å². The first kappa shape index (κ1) is 65.2. The fourth-order valence-corrected chi connectivity index (χ4v) is 11.4. The number of hydrogen-bond donors (Lipinski definition) is 1. The van der Waals surface area contributed by atoms with Gasteiger partial charge in [0.05, 0.1) is 61.6 Å². The van der Waals surface area contributed by atoms with Gasteiger partial charge in [0.2, 0.25) is 11.8 Å². The van der Waals surface area contributed by atoms with E-state index >= 15 is 4.39 Å². The van der Waals surface area contributed by atoms with Gasteiger partial charge in [-0.1, -0.05) is 103 Å². The van der Waals surface area contributed by atoms with Crippen molar-refractivity contribution in [2.45, 2.75) is 93.5 Å². The molecular weight excluding hydrogens is 1140 g/mol. The molecule has 0 aliphatic carbocycles. The predicted molar refractivity (Wildman–Crippen MR) is 339 cm³/mol. The van der Waals surface area contributed by atoms with Crippen LogP contribution in [-0.2, 0) is 22.7 Å². The average Bonchev–Trinajstić information content (AvgIpc) is 1.12. The second-order valence-corrected chi connectivity index (χ2v) is 22.4. The molecule has 1 N–H and O–H groups in total. The van der Waals surface area contributed by atoms with Crippen LogP contribution in [-0.4, -0.2) is 136 Å². The zero-order valence-electron chi connectivity index (χ0n) is 48.0. The van der Waals surface area contributed by atoms with E-state index in [4.69, 9.17) is 33.2 Å². The van der Waals surface area contributed by atoms with Gasteiger partial charge in [0.15, 0.2) is 11.3 Å². The maximum absolute atomic E-state index is 15.0. The number of aromatic nitrogens is 8. The Labute approximate surface area is 509 Å². The number of hydrogen-bond acceptors (Lipinski definition) is 14. The number of benzene rings is 2. The summed E-state index contributed by atoms with van der Waals surface area (Å²) < 4.78 is 32.8. The van der Waals surface area contributed by atoms with Crippen LogP contribution in [0.25, 0.3) is 56.0 Å². The van der Waals surface area contributed by atoms with Crippen molar-refractivity contribution in [3.05, 3.63) is 176 Å². The van der Waals surface area contributed by atoms with Crippen LogP contribution in [0.1, 0.15) is 90.7 Å². The van der Waals surface area contributed by atoms with Gasteiger partial charge >= 0.3 is 11.4 Å². The SMILES string of the molecule is C.C.C=CC(=O)N1CCN(c2nc(=O)n(-c3c(CN(C)C)ccnc3C(C)C)c3nc(-c4ccccc4F)c(Cl)cc23)[C@@H](C)C1.C=CC(=O)N1CCN(c2nc(=O)n(-c3c(CO)ccnc3C(C)C)c3nc(-c4ccccc4F)c(Cl)cc23)[C@@H](C)C1. The smallest absolute Gasteiger partial charge is 0.355 e. The summed E-state index contributed by atoms with van der Waals surface area (Å²) in [7, 11) is 3.90. The zero-order chi connectivity index (χ0) is 60.4. The van der Waals surface area contributed by atoms with Gasteiger partial charge in [0.1, 0.15) is 23.3 Å². The molecule has 2 fully saturated rings. The summed E-state index contributed by atoms with van der Waals surface area (Å²) in [5.74, 6) is -0.666. The van der Waals surface area contributed by atoms with Crippen molar-refractivity contribution in [2.24, 2.45) is 0 Å². The molecule has 2 aromatic carbocycles. The van der Waals surface area contributed by atoms with Crippen molar-refractivity contribution in [2.75, 3.05) is 63.2 Å². The summed E-state index contributed by atoms with van der Waals surface area (Å²) in [5, 5.41) is 11.7. The first-order chi connectivity index (χ1) is 40.2. The Kier molecular flexibility index (Phi) is 20.8. The quantitative estimate of drug-likeness (QED) is 0.107. The molecule has 6 aromatic heterocycles. The van der Waals surface area contributed by atoms with Crippen LogP contribution in [0.4, 0.5) is 20.4 Å². The lowest BCUT2D eigenvalue weighted by atomic mass is 10.0. The van der Waals surface area contributed by atoms with E-state index in [1.54, 1.807) is 76.8 Å². The third-order valence-corrected chi connectivity index (χ3v) is 15.5. The van der Waals surface area contributed by atoms with Crippen LogP contribution in [0.5, 0.6) is 0 Å². The number of rotatable bonds is 13. The standard InChI is InChI=1S/C32H35ClFN7O2.C30H30ClFN6O3.2CH4/c1-7-26(42)39-14-15-40(20(4)17-39)30-23-16-24(33)28(22-10-8-9-11-25(22)34)36-31(23)41(32(43)37-30)29-21(18-38(5)6)12-13-35-27(29)19(2)3;1-5-24(40)36-12-13-37(18(4)15-36)28-21-14-22(31)26(20-8-6-7-9-23(20)32)34-29(21)38(30(41)35-28)27-19(16-39)10-11-33-25(27)17(2)3;;/h7-13,16,19-20H,1,14-15,17-18H2,2-6H3;5-11,14,17-18,39H,1,12-13,15-16H2,2-4H3;2*1H4/t20-;18-;;/m00../s1. The molecule has 0 radical (unpaired) electrons. The Hall–Kier alpha value is -8.30. The molecule has 0 unspecified atom stereocenters. The Morgan fingerprint density at radius 1 is 0.651 bits per heavy atom. The third-order valence-electron chi connectivity index (χ3n) is 14.9. The highest BCUT2D eigenvalue weighted by atomic mass is 35.5. The normalized spacial score (nSPS) is 15.2. The molecule has 2 atom stereocenters. The summed E-state index contributed by atoms with van der Waals surface area (Å²) >= 11 is 13.6. The molecule has 2 saturated heterocycles. The van der Waals surface area contributed by atoms with Crippen LogP contribution in [0.2, 0.25) is 10.0 Å². The van der Waals surface area contributed by atoms with Gasteiger partial charge in [-0.3, -0.25) is 19.6 Å². The van der Waals surface area contributed by atoms with Crippen molar-refractivity contribution in [3.63, 3.8) is 0 Å². The second-order valence-electron chi connectivity index (χ2n) is 21.6. The summed E-state index contributed by atoms with van der Waals surface area (Å²) in [5.41, 5.74) is 3.71. The number of carbonyl (C=O) groups is 2. The first-order valence-electron chi connectivity index (χ1n) is 27.5. The number of anilines is 2. The van der Waals surface area contributed by atoms with Crippen molar-refractivity contribution in [3.8, 4) is 33.9 Å². The number of pyridine rings is 4. The highest BCUT2D eigenvalue weighted by Gasteiger charge is 2.33. The highest BCUT2D eigenvalue weighted by molar-refractivity contribution is 6.34. The largest absolute Gasteiger partial charge is 0.392 e. The highest BCUT2D eigenvalue weighted by Crippen LogP contribution is 2.39. The van der Waals surface area contributed by atoms with Crippen molar-refractivity contribution in [1.82, 2.24) is 53.7 Å². The number of amides is 2. The topological polar surface area (TPSA) is 192 Å². The van der Waals surface area contributed by atoms with Crippen LogP contribution in [0.15, 0.2) is 120 Å². The lowest BCUT2D eigenvalue weighted by Crippen LogP contribution is -2.54. The van der Waals surface area contributed by atoms with E-state index in [1.807, 2.05) is 76.4 Å². The fourth-order valence-electron chi connectivity index (χ4n) is 10.9. The fraction of sp³-hybridized carbons (Fsp3) is 0.344. The maximum atomic E-state index is 15.0. The average molecular weight is 1210 g/mol. The number of aliphatic hydroxyl groups is 1. The number of aliphatic hydroxyl groups excluding tert-OH is 1. The van der Waals surface area contributed by atoms with E-state index in [0.717, 1.165) is 5.56 Å². The molecule has 8 aromatic rings. The number of piperazine rings is 2. The van der Waals surface area contributed by atoms with Crippen LogP contribution >= 0.6 is 23.2 Å². The van der Waals surface area contributed by atoms with Gasteiger partial charge in [0.25, 0.3) is 0 Å². The number of halogens is 4. The van der Waals surface area contributed by atoms with Gasteiger partial charge in [-0.15, -0.1) is 0 Å². The van der Waals surface area contributed by atoms with Gasteiger partial charge < -0.3 is 29.6 Å². The Morgan fingerprint density at radius 3 is 1.41 bits per heavy atom. The van der Waals surface area contributed by atoms with E-state index < -0.39 is 23.0 Å². The Morgan fingerprint density at radius 2 is 1.05 bits per heavy atom. The molecule has 2 aliphatic heterocycles. The lowest BCUT2D eigenvalue weighted by Gasteiger charge is -2.40. The summed E-state index contributed by atoms with van der Waals surface area (Å²) in [6.45, 7) is 21.7. The molecule has 0 saturated carbocycles. The molecule has 18 nitrogen and oxygen atoms in total. The van der Waals surface area contributed by atoms with Crippen molar-refractivity contribution < 1.29 is 23.5 Å². The zero-order valence-corrected chi connectivity index (χ0v) is 49.5. The molecule has 22 heteroatoms. The Balaban J connectivity index is 0.000000241. The van der Waals surface area contributed by atoms with E-state index in [2.05, 4.69) is 33.1 Å². The number of carbonyl (C=O) groups excluding carboxylic acids is 2. The minimum Gasteiger partial charge on any atom is -0.392 e. The van der Waals surface area contributed by atoms with Crippen LogP contribution in [0, 0.1) is 11.6 Å². The minimum absolute atomic E-state index is 0. The molecule has 0 bridgehead atoms. The van der Waals surface area contributed by atoms with Gasteiger partial charge in [-0.05, 0) is 106 Å². The first-order valence-corrected chi connectivity index (χ1v) is 28.3. The maximum Gasteiger partial charge on any atom is 0.355 e. The van der Waals surface area contributed by atoms with Crippen LogP contribution < -0.4 is 21.2 Å². The molecule has 452 valence electrons. The minimum atomic E-state index is -0.636. The van der Waals surface area contributed by atoms with E-state index in [0.29, 0.717) is 102 Å². The summed E-state index contributed by atoms with van der Waals surface area (Å²) in [6, 6.07) is 18.9. The van der Waals surface area contributed by atoms with Crippen molar-refractivity contribution >= 4 is 68.7 Å². The van der Waals surface area contributed by atoms with E-state index in [1.165, 1.54) is 33.4 Å². The lowest BCUT2D eigenvalue weighted by molar-refractivity contribution is -0.127. The summed E-state index contributed by atoms with van der Waals surface area (Å²) in [4.78, 5) is 90.1. The molecule has 10 rings (SSSR count). The van der Waals surface area contributed by atoms with Crippen LogP contribution in [0.3, 0.4) is 0 Å². The molecule has 8 heterocycles. The molecule has 2 aliphatic rings. The molecule has 86 heavy (non-hydrogen) atoms. The molecular formula is C64H73Cl2F2N13O5. The number of fused-ring (bicyclic) bond motifs is 2. The molecule has 0 spiro atoms. The van der Waals surface area contributed by atoms with Gasteiger partial charge in [0, 0.05) is 87.0 Å². The van der Waals surface area contributed by atoms with E-state index in [-0.39, 0.29) is 95.4 Å². The molecule has 2 amide bonds.